The molecule has 1 aromatic carbocycles. The van der Waals surface area contributed by atoms with E-state index in [0.29, 0.717) is 22.2 Å². The summed E-state index contributed by atoms with van der Waals surface area (Å²) in [6.07, 6.45) is 7.25. The molecule has 1 fully saturated rings. The number of carbonyl (C=O) groups excluding carboxylic acids is 1. The van der Waals surface area contributed by atoms with Gasteiger partial charge in [0.15, 0.2) is 0 Å². The monoisotopic (exact) mass is 294 g/mol. The summed E-state index contributed by atoms with van der Waals surface area (Å²) >= 11 is 5.97. The van der Waals surface area contributed by atoms with Crippen LogP contribution in [0, 0.1) is 5.92 Å². The van der Waals surface area contributed by atoms with Crippen molar-refractivity contribution in [2.45, 2.75) is 51.5 Å². The highest BCUT2D eigenvalue weighted by Gasteiger charge is 2.24. The van der Waals surface area contributed by atoms with Gasteiger partial charge < -0.3 is 11.1 Å². The number of carbonyl (C=O) groups is 1. The van der Waals surface area contributed by atoms with Crippen LogP contribution in [0.15, 0.2) is 18.2 Å². The van der Waals surface area contributed by atoms with Gasteiger partial charge in [0.25, 0.3) is 5.91 Å². The third kappa shape index (κ3) is 3.45. The Balaban J connectivity index is 2.06. The van der Waals surface area contributed by atoms with Crippen molar-refractivity contribution in [1.82, 2.24) is 5.32 Å². The Kier molecular flexibility index (Phi) is 5.30. The van der Waals surface area contributed by atoms with Crippen LogP contribution >= 0.6 is 11.6 Å². The van der Waals surface area contributed by atoms with Crippen LogP contribution in [-0.2, 0) is 0 Å². The van der Waals surface area contributed by atoms with Crippen molar-refractivity contribution >= 4 is 23.2 Å². The van der Waals surface area contributed by atoms with Gasteiger partial charge in [-0.3, -0.25) is 4.79 Å². The lowest BCUT2D eigenvalue weighted by Crippen LogP contribution is -2.40. The first-order chi connectivity index (χ1) is 9.63. The first-order valence-corrected chi connectivity index (χ1v) is 7.86. The standard InChI is InChI=1S/C16H23ClN2O/c1-2-14(11-7-4-3-5-8-11)19-16(20)12-9-6-10-13(17)15(12)18/h6,9-11,14H,2-5,7-8,18H2,1H3,(H,19,20). The van der Waals surface area contributed by atoms with E-state index in [-0.39, 0.29) is 11.9 Å². The number of amides is 1. The van der Waals surface area contributed by atoms with Gasteiger partial charge in [0, 0.05) is 6.04 Å². The van der Waals surface area contributed by atoms with Gasteiger partial charge >= 0.3 is 0 Å². The van der Waals surface area contributed by atoms with E-state index in [1.807, 2.05) is 0 Å². The van der Waals surface area contributed by atoms with Gasteiger partial charge in [-0.1, -0.05) is 43.9 Å². The molecule has 0 radical (unpaired) electrons. The van der Waals surface area contributed by atoms with Crippen molar-refractivity contribution in [2.75, 3.05) is 5.73 Å². The van der Waals surface area contributed by atoms with E-state index < -0.39 is 0 Å². The summed E-state index contributed by atoms with van der Waals surface area (Å²) < 4.78 is 0. The first-order valence-electron chi connectivity index (χ1n) is 7.48. The van der Waals surface area contributed by atoms with Gasteiger partial charge in [-0.25, -0.2) is 0 Å². The van der Waals surface area contributed by atoms with Crippen molar-refractivity contribution in [3.8, 4) is 0 Å². The van der Waals surface area contributed by atoms with E-state index in [4.69, 9.17) is 17.3 Å². The number of hydrogen-bond donors (Lipinski definition) is 2. The maximum Gasteiger partial charge on any atom is 0.253 e. The minimum absolute atomic E-state index is 0.109. The number of para-hydroxylation sites is 1. The highest BCUT2D eigenvalue weighted by molar-refractivity contribution is 6.33. The summed E-state index contributed by atoms with van der Waals surface area (Å²) in [5.41, 5.74) is 6.73. The minimum atomic E-state index is -0.109. The Morgan fingerprint density at radius 2 is 2.10 bits per heavy atom. The van der Waals surface area contributed by atoms with Crippen LogP contribution in [0.1, 0.15) is 55.8 Å². The molecule has 1 aliphatic rings. The summed E-state index contributed by atoms with van der Waals surface area (Å²) in [5.74, 6) is 0.487. The minimum Gasteiger partial charge on any atom is -0.397 e. The van der Waals surface area contributed by atoms with E-state index >= 15 is 0 Å². The van der Waals surface area contributed by atoms with Gasteiger partial charge in [0.05, 0.1) is 16.3 Å². The molecule has 4 heteroatoms. The normalized spacial score (nSPS) is 17.7. The third-order valence-corrected chi connectivity index (χ3v) is 4.60. The smallest absolute Gasteiger partial charge is 0.253 e. The summed E-state index contributed by atoms with van der Waals surface area (Å²) in [5, 5.41) is 3.58. The molecular weight excluding hydrogens is 272 g/mol. The zero-order valence-electron chi connectivity index (χ0n) is 12.0. The molecule has 1 aromatic rings. The predicted molar refractivity (Wildman–Crippen MR) is 84.0 cm³/mol. The average molecular weight is 295 g/mol. The lowest BCUT2D eigenvalue weighted by molar-refractivity contribution is 0.0912. The summed E-state index contributed by atoms with van der Waals surface area (Å²) in [6, 6.07) is 5.42. The fraction of sp³-hybridized carbons (Fsp3) is 0.562. The lowest BCUT2D eigenvalue weighted by Gasteiger charge is -2.30. The zero-order chi connectivity index (χ0) is 14.5. The number of nitrogens with one attached hydrogen (secondary N) is 1. The molecule has 3 N–H and O–H groups in total. The van der Waals surface area contributed by atoms with Gasteiger partial charge in [-0.2, -0.15) is 0 Å². The van der Waals surface area contributed by atoms with Crippen molar-refractivity contribution in [1.29, 1.82) is 0 Å². The molecule has 0 aliphatic heterocycles. The second kappa shape index (κ2) is 6.98. The van der Waals surface area contributed by atoms with Gasteiger partial charge in [-0.15, -0.1) is 0 Å². The fourth-order valence-corrected chi connectivity index (χ4v) is 3.25. The number of nitrogens with two attached hydrogens (primary N) is 1. The highest BCUT2D eigenvalue weighted by atomic mass is 35.5. The Labute approximate surface area is 125 Å². The molecular formula is C16H23ClN2O. The Morgan fingerprint density at radius 3 is 2.75 bits per heavy atom. The molecule has 0 spiro atoms. The molecule has 0 bridgehead atoms. The molecule has 0 aromatic heterocycles. The maximum absolute atomic E-state index is 12.4. The van der Waals surface area contributed by atoms with Crippen LogP contribution < -0.4 is 11.1 Å². The summed E-state index contributed by atoms with van der Waals surface area (Å²) in [7, 11) is 0. The number of nitrogen functional groups attached to an aromatic ring is 1. The molecule has 2 rings (SSSR count). The molecule has 0 heterocycles. The van der Waals surface area contributed by atoms with Crippen LogP contribution in [0.3, 0.4) is 0 Å². The number of rotatable bonds is 4. The molecule has 1 saturated carbocycles. The molecule has 20 heavy (non-hydrogen) atoms. The van der Waals surface area contributed by atoms with Crippen molar-refractivity contribution in [3.63, 3.8) is 0 Å². The Bertz CT molecular complexity index is 470. The molecule has 1 atom stereocenters. The largest absolute Gasteiger partial charge is 0.397 e. The Morgan fingerprint density at radius 1 is 1.40 bits per heavy atom. The number of benzene rings is 1. The van der Waals surface area contributed by atoms with E-state index in [1.54, 1.807) is 18.2 Å². The van der Waals surface area contributed by atoms with Crippen LogP contribution in [0.2, 0.25) is 5.02 Å². The maximum atomic E-state index is 12.4. The topological polar surface area (TPSA) is 55.1 Å². The quantitative estimate of drug-likeness (QED) is 0.824. The van der Waals surface area contributed by atoms with Gasteiger partial charge in [0.2, 0.25) is 0 Å². The fourth-order valence-electron chi connectivity index (χ4n) is 3.07. The van der Waals surface area contributed by atoms with Crippen LogP contribution in [0.4, 0.5) is 5.69 Å². The van der Waals surface area contributed by atoms with Crippen molar-refractivity contribution < 1.29 is 4.79 Å². The van der Waals surface area contributed by atoms with Gasteiger partial charge in [-0.05, 0) is 37.3 Å². The number of anilines is 1. The van der Waals surface area contributed by atoms with E-state index in [0.717, 1.165) is 6.42 Å². The molecule has 110 valence electrons. The third-order valence-electron chi connectivity index (χ3n) is 4.27. The second-order valence-corrected chi connectivity index (χ2v) is 5.99. The van der Waals surface area contributed by atoms with E-state index in [1.165, 1.54) is 32.1 Å². The van der Waals surface area contributed by atoms with Crippen LogP contribution in [0.25, 0.3) is 0 Å². The van der Waals surface area contributed by atoms with Crippen LogP contribution in [0.5, 0.6) is 0 Å². The molecule has 3 nitrogen and oxygen atoms in total. The number of hydrogen-bond acceptors (Lipinski definition) is 2. The van der Waals surface area contributed by atoms with E-state index in [9.17, 15) is 4.79 Å². The van der Waals surface area contributed by atoms with Crippen molar-refractivity contribution in [3.05, 3.63) is 28.8 Å². The highest BCUT2D eigenvalue weighted by Crippen LogP contribution is 2.28. The molecule has 1 amide bonds. The Hall–Kier alpha value is -1.22. The zero-order valence-corrected chi connectivity index (χ0v) is 12.7. The van der Waals surface area contributed by atoms with Crippen LogP contribution in [-0.4, -0.2) is 11.9 Å². The van der Waals surface area contributed by atoms with Gasteiger partial charge in [0.1, 0.15) is 0 Å². The predicted octanol–water partition coefficient (Wildman–Crippen LogP) is 4.01. The first kappa shape index (κ1) is 15.2. The molecule has 0 saturated heterocycles. The number of halogens is 1. The average Bonchev–Trinajstić information content (AvgIpc) is 2.48. The van der Waals surface area contributed by atoms with E-state index in [2.05, 4.69) is 12.2 Å². The SMILES string of the molecule is CCC(NC(=O)c1cccc(Cl)c1N)C1CCCCC1. The van der Waals surface area contributed by atoms with Crippen molar-refractivity contribution in [2.24, 2.45) is 5.92 Å². The molecule has 1 aliphatic carbocycles. The second-order valence-electron chi connectivity index (χ2n) is 5.59. The summed E-state index contributed by atoms with van der Waals surface area (Å²) in [4.78, 5) is 12.4. The summed E-state index contributed by atoms with van der Waals surface area (Å²) in [6.45, 7) is 2.13. The lowest BCUT2D eigenvalue weighted by atomic mass is 9.83. The molecule has 1 unspecified atom stereocenters.